The first kappa shape index (κ1) is 9.96. The maximum absolute atomic E-state index is 4.39. The molecular formula is C11H14N4S. The lowest BCUT2D eigenvalue weighted by atomic mass is 10.2. The van der Waals surface area contributed by atoms with Crippen LogP contribution >= 0.6 is 11.8 Å². The fourth-order valence-corrected chi connectivity index (χ4v) is 3.09. The summed E-state index contributed by atoms with van der Waals surface area (Å²) in [4.78, 5) is 4.39. The van der Waals surface area contributed by atoms with E-state index < -0.39 is 0 Å². The highest BCUT2D eigenvalue weighted by Crippen LogP contribution is 2.21. The zero-order valence-electron chi connectivity index (χ0n) is 8.97. The van der Waals surface area contributed by atoms with Crippen molar-refractivity contribution in [1.82, 2.24) is 14.6 Å². The summed E-state index contributed by atoms with van der Waals surface area (Å²) in [5, 5.41) is 7.72. The number of fused-ring (bicyclic) bond motifs is 1. The van der Waals surface area contributed by atoms with E-state index >= 15 is 0 Å². The zero-order chi connectivity index (χ0) is 10.8. The van der Waals surface area contributed by atoms with Gasteiger partial charge in [0.1, 0.15) is 5.52 Å². The van der Waals surface area contributed by atoms with Crippen LogP contribution < -0.4 is 5.32 Å². The van der Waals surface area contributed by atoms with Crippen molar-refractivity contribution in [3.8, 4) is 0 Å². The van der Waals surface area contributed by atoms with Crippen molar-refractivity contribution in [2.75, 3.05) is 16.8 Å². The highest BCUT2D eigenvalue weighted by Gasteiger charge is 2.15. The summed E-state index contributed by atoms with van der Waals surface area (Å²) in [6, 6.07) is 2.54. The van der Waals surface area contributed by atoms with Crippen molar-refractivity contribution < 1.29 is 0 Å². The third-order valence-corrected chi connectivity index (χ3v) is 4.04. The molecule has 4 nitrogen and oxygen atoms in total. The van der Waals surface area contributed by atoms with Crippen molar-refractivity contribution in [3.63, 3.8) is 0 Å². The number of aromatic nitrogens is 3. The van der Waals surface area contributed by atoms with E-state index in [1.807, 2.05) is 28.5 Å². The van der Waals surface area contributed by atoms with Gasteiger partial charge in [-0.3, -0.25) is 0 Å². The lowest BCUT2D eigenvalue weighted by molar-refractivity contribution is 0.682. The van der Waals surface area contributed by atoms with Gasteiger partial charge in [-0.15, -0.1) is 0 Å². The molecule has 0 spiro atoms. The van der Waals surface area contributed by atoms with E-state index in [9.17, 15) is 0 Å². The van der Waals surface area contributed by atoms with Crippen LogP contribution in [0.25, 0.3) is 5.52 Å². The number of nitrogens with zero attached hydrogens (tertiary/aromatic N) is 3. The van der Waals surface area contributed by atoms with Gasteiger partial charge in [0.2, 0.25) is 0 Å². The molecular weight excluding hydrogens is 220 g/mol. The first-order chi connectivity index (χ1) is 7.93. The first-order valence-electron chi connectivity index (χ1n) is 5.56. The zero-order valence-corrected chi connectivity index (χ0v) is 9.78. The van der Waals surface area contributed by atoms with Crippen molar-refractivity contribution >= 4 is 23.1 Å². The van der Waals surface area contributed by atoms with Crippen molar-refractivity contribution in [1.29, 1.82) is 0 Å². The van der Waals surface area contributed by atoms with E-state index in [4.69, 9.17) is 0 Å². The molecule has 1 aliphatic heterocycles. The standard InChI is InChI=1S/C11H14N4S/c1-2-9(8-16-7-1)14-11-10-3-4-13-15(10)6-5-12-11/h3-6,9H,1-2,7-8H2,(H,12,14). The van der Waals surface area contributed by atoms with E-state index in [1.165, 1.54) is 24.3 Å². The molecule has 1 fully saturated rings. The van der Waals surface area contributed by atoms with Crippen LogP contribution in [0.15, 0.2) is 24.7 Å². The van der Waals surface area contributed by atoms with E-state index in [2.05, 4.69) is 15.4 Å². The van der Waals surface area contributed by atoms with Gasteiger partial charge in [0.05, 0.1) is 6.20 Å². The van der Waals surface area contributed by atoms with E-state index in [0.29, 0.717) is 6.04 Å². The van der Waals surface area contributed by atoms with Crippen LogP contribution in [0.3, 0.4) is 0 Å². The number of hydrogen-bond acceptors (Lipinski definition) is 4. The quantitative estimate of drug-likeness (QED) is 0.863. The summed E-state index contributed by atoms with van der Waals surface area (Å²) >= 11 is 2.02. The van der Waals surface area contributed by atoms with Crippen molar-refractivity contribution in [2.45, 2.75) is 18.9 Å². The van der Waals surface area contributed by atoms with Crippen LogP contribution in [0.4, 0.5) is 5.82 Å². The number of thioether (sulfide) groups is 1. The molecule has 0 aromatic carbocycles. The van der Waals surface area contributed by atoms with Crippen LogP contribution in [0.5, 0.6) is 0 Å². The Balaban J connectivity index is 1.85. The molecule has 1 N–H and O–H groups in total. The second kappa shape index (κ2) is 4.33. The predicted octanol–water partition coefficient (Wildman–Crippen LogP) is 2.04. The van der Waals surface area contributed by atoms with Gasteiger partial charge in [-0.2, -0.15) is 16.9 Å². The molecule has 5 heteroatoms. The average molecular weight is 234 g/mol. The second-order valence-electron chi connectivity index (χ2n) is 4.00. The summed E-state index contributed by atoms with van der Waals surface area (Å²) in [6.45, 7) is 0. The van der Waals surface area contributed by atoms with E-state index in [-0.39, 0.29) is 0 Å². The maximum Gasteiger partial charge on any atom is 0.152 e. The minimum Gasteiger partial charge on any atom is -0.365 e. The smallest absolute Gasteiger partial charge is 0.152 e. The summed E-state index contributed by atoms with van der Waals surface area (Å²) in [6.07, 6.45) is 8.00. The van der Waals surface area contributed by atoms with Crippen LogP contribution in [0.1, 0.15) is 12.8 Å². The summed E-state index contributed by atoms with van der Waals surface area (Å²) in [7, 11) is 0. The molecule has 1 saturated heterocycles. The third-order valence-electron chi connectivity index (χ3n) is 2.83. The van der Waals surface area contributed by atoms with Gasteiger partial charge in [0.25, 0.3) is 0 Å². The Labute approximate surface area is 98.4 Å². The molecule has 84 valence electrons. The van der Waals surface area contributed by atoms with Gasteiger partial charge in [0, 0.05) is 24.2 Å². The number of nitrogens with one attached hydrogen (secondary N) is 1. The fraction of sp³-hybridized carbons (Fsp3) is 0.455. The highest BCUT2D eigenvalue weighted by atomic mass is 32.2. The number of hydrogen-bond donors (Lipinski definition) is 1. The molecule has 0 aliphatic carbocycles. The van der Waals surface area contributed by atoms with Gasteiger partial charge in [-0.25, -0.2) is 9.50 Å². The largest absolute Gasteiger partial charge is 0.365 e. The van der Waals surface area contributed by atoms with Crippen LogP contribution in [-0.2, 0) is 0 Å². The average Bonchev–Trinajstić information content (AvgIpc) is 2.80. The third kappa shape index (κ3) is 1.87. The van der Waals surface area contributed by atoms with Gasteiger partial charge in [-0.05, 0) is 24.7 Å². The Hall–Kier alpha value is -1.23. The molecule has 3 heterocycles. The molecule has 16 heavy (non-hydrogen) atoms. The second-order valence-corrected chi connectivity index (χ2v) is 5.15. The Morgan fingerprint density at radius 2 is 2.44 bits per heavy atom. The maximum atomic E-state index is 4.39. The lowest BCUT2D eigenvalue weighted by Gasteiger charge is -2.23. The topological polar surface area (TPSA) is 42.2 Å². The molecule has 1 atom stereocenters. The Morgan fingerprint density at radius 1 is 1.44 bits per heavy atom. The molecule has 1 unspecified atom stereocenters. The Kier molecular flexibility index (Phi) is 2.70. The predicted molar refractivity (Wildman–Crippen MR) is 67.0 cm³/mol. The van der Waals surface area contributed by atoms with Crippen LogP contribution in [0, 0.1) is 0 Å². The van der Waals surface area contributed by atoms with Crippen molar-refractivity contribution in [2.24, 2.45) is 0 Å². The summed E-state index contributed by atoms with van der Waals surface area (Å²) in [5.74, 6) is 3.42. The van der Waals surface area contributed by atoms with Crippen LogP contribution in [-0.4, -0.2) is 32.1 Å². The van der Waals surface area contributed by atoms with E-state index in [1.54, 1.807) is 12.4 Å². The molecule has 3 rings (SSSR count). The highest BCUT2D eigenvalue weighted by molar-refractivity contribution is 7.99. The van der Waals surface area contributed by atoms with Gasteiger partial charge < -0.3 is 5.32 Å². The lowest BCUT2D eigenvalue weighted by Crippen LogP contribution is -2.26. The number of anilines is 1. The SMILES string of the molecule is c1cn2nccc2c(NC2CCCSC2)n1. The Morgan fingerprint density at radius 3 is 3.31 bits per heavy atom. The normalized spacial score (nSPS) is 21.1. The minimum atomic E-state index is 0.548. The van der Waals surface area contributed by atoms with E-state index in [0.717, 1.165) is 11.3 Å². The minimum absolute atomic E-state index is 0.548. The van der Waals surface area contributed by atoms with Crippen molar-refractivity contribution in [3.05, 3.63) is 24.7 Å². The van der Waals surface area contributed by atoms with Gasteiger partial charge in [0.15, 0.2) is 5.82 Å². The summed E-state index contributed by atoms with van der Waals surface area (Å²) < 4.78 is 1.85. The molecule has 0 radical (unpaired) electrons. The molecule has 1 aliphatic rings. The first-order valence-corrected chi connectivity index (χ1v) is 6.71. The summed E-state index contributed by atoms with van der Waals surface area (Å²) in [5.41, 5.74) is 1.05. The molecule has 0 bridgehead atoms. The van der Waals surface area contributed by atoms with Crippen LogP contribution in [0.2, 0.25) is 0 Å². The molecule has 2 aromatic rings. The Bertz CT molecular complexity index is 476. The molecule has 2 aromatic heterocycles. The fourth-order valence-electron chi connectivity index (χ4n) is 2.02. The molecule has 0 amide bonds. The monoisotopic (exact) mass is 234 g/mol. The molecule has 0 saturated carbocycles. The van der Waals surface area contributed by atoms with Gasteiger partial charge >= 0.3 is 0 Å². The number of rotatable bonds is 2. The van der Waals surface area contributed by atoms with Gasteiger partial charge in [-0.1, -0.05) is 0 Å².